The Morgan fingerprint density at radius 1 is 1.28 bits per heavy atom. The quantitative estimate of drug-likeness (QED) is 0.688. The number of carbonyl (C=O) groups excluding carboxylic acids is 1. The number of rotatable bonds is 7. The molecular weight excluding hydrogens is 278 g/mol. The van der Waals surface area contributed by atoms with Crippen molar-refractivity contribution in [2.75, 3.05) is 25.4 Å². The van der Waals surface area contributed by atoms with Crippen molar-refractivity contribution < 1.29 is 13.2 Å². The molecule has 1 amide bonds. The topological polar surface area (TPSA) is 92.5 Å². The molecule has 0 aliphatic carbocycles. The van der Waals surface area contributed by atoms with E-state index in [2.05, 4.69) is 5.32 Å². The average Bonchev–Trinajstić information content (AvgIpc) is 2.14. The predicted molar refractivity (Wildman–Crippen MR) is 75.2 cm³/mol. The second kappa shape index (κ2) is 7.93. The van der Waals surface area contributed by atoms with E-state index in [1.54, 1.807) is 27.7 Å². The molecule has 0 aromatic carbocycles. The minimum absolute atomic E-state index is 0. The number of halogens is 1. The fraction of sp³-hybridized carbons (Fsp3) is 0.900. The third kappa shape index (κ3) is 7.86. The van der Waals surface area contributed by atoms with Crippen molar-refractivity contribution in [3.8, 4) is 0 Å². The molecule has 0 fully saturated rings. The second-order valence-electron chi connectivity index (χ2n) is 4.61. The van der Waals surface area contributed by atoms with Crippen molar-refractivity contribution in [2.45, 2.75) is 33.2 Å². The summed E-state index contributed by atoms with van der Waals surface area (Å²) in [4.78, 5) is 11.5. The van der Waals surface area contributed by atoms with E-state index in [0.717, 1.165) is 0 Å². The van der Waals surface area contributed by atoms with Crippen LogP contribution in [0.1, 0.15) is 27.7 Å². The minimum atomic E-state index is -3.51. The number of amides is 1. The number of nitrogens with zero attached hydrogens (tertiary/aromatic N) is 1. The molecule has 6 nitrogen and oxygen atoms in total. The maximum atomic E-state index is 11.8. The highest BCUT2D eigenvalue weighted by atomic mass is 35.5. The van der Waals surface area contributed by atoms with Gasteiger partial charge in [0.05, 0.1) is 0 Å². The molecule has 0 radical (unpaired) electrons. The molecule has 0 aliphatic rings. The molecule has 3 N–H and O–H groups in total. The van der Waals surface area contributed by atoms with Crippen molar-refractivity contribution in [2.24, 2.45) is 5.73 Å². The summed E-state index contributed by atoms with van der Waals surface area (Å²) in [5, 5.41) is 2.51. The van der Waals surface area contributed by atoms with Crippen molar-refractivity contribution >= 4 is 28.3 Å². The first-order valence-electron chi connectivity index (χ1n) is 5.65. The van der Waals surface area contributed by atoms with Gasteiger partial charge in [-0.1, -0.05) is 13.8 Å². The van der Waals surface area contributed by atoms with Crippen LogP contribution in [0.5, 0.6) is 0 Å². The molecule has 0 saturated heterocycles. The van der Waals surface area contributed by atoms with Crippen LogP contribution in [-0.2, 0) is 14.8 Å². The normalized spacial score (nSPS) is 12.1. The van der Waals surface area contributed by atoms with Crippen LogP contribution in [0.2, 0.25) is 0 Å². The van der Waals surface area contributed by atoms with Crippen molar-refractivity contribution in [3.05, 3.63) is 0 Å². The molecule has 18 heavy (non-hydrogen) atoms. The summed E-state index contributed by atoms with van der Waals surface area (Å²) in [6.45, 7) is 7.98. The summed E-state index contributed by atoms with van der Waals surface area (Å²) in [7, 11) is -3.51. The van der Waals surface area contributed by atoms with Crippen molar-refractivity contribution in [3.63, 3.8) is 0 Å². The van der Waals surface area contributed by atoms with Crippen LogP contribution in [0.15, 0.2) is 0 Å². The van der Waals surface area contributed by atoms with E-state index >= 15 is 0 Å². The maximum Gasteiger partial charge on any atom is 0.236 e. The molecule has 0 aliphatic heterocycles. The van der Waals surface area contributed by atoms with Crippen LogP contribution < -0.4 is 11.1 Å². The number of carbonyl (C=O) groups is 1. The lowest BCUT2D eigenvalue weighted by molar-refractivity contribution is -0.118. The Bertz CT molecular complexity index is 348. The Morgan fingerprint density at radius 3 is 2.06 bits per heavy atom. The lowest BCUT2D eigenvalue weighted by Crippen LogP contribution is -2.47. The molecule has 0 aromatic rings. The van der Waals surface area contributed by atoms with E-state index in [1.807, 2.05) is 0 Å². The van der Waals surface area contributed by atoms with Gasteiger partial charge in [-0.15, -0.1) is 12.4 Å². The molecule has 0 heterocycles. The third-order valence-corrected chi connectivity index (χ3v) is 4.08. The van der Waals surface area contributed by atoms with Crippen LogP contribution in [0, 0.1) is 0 Å². The molecule has 8 heteroatoms. The van der Waals surface area contributed by atoms with Gasteiger partial charge >= 0.3 is 0 Å². The molecule has 0 saturated carbocycles. The van der Waals surface area contributed by atoms with E-state index in [1.165, 1.54) is 4.31 Å². The lowest BCUT2D eigenvalue weighted by atomic mass is 10.1. The van der Waals surface area contributed by atoms with Gasteiger partial charge in [0, 0.05) is 25.2 Å². The largest absolute Gasteiger partial charge is 0.353 e. The Hall–Kier alpha value is -0.370. The van der Waals surface area contributed by atoms with Crippen LogP contribution in [0.3, 0.4) is 0 Å². The van der Waals surface area contributed by atoms with E-state index in [9.17, 15) is 13.2 Å². The number of hydrogen-bond donors (Lipinski definition) is 2. The van der Waals surface area contributed by atoms with Crippen LogP contribution in [0.4, 0.5) is 0 Å². The van der Waals surface area contributed by atoms with Gasteiger partial charge in [-0.05, 0) is 13.8 Å². The zero-order valence-electron chi connectivity index (χ0n) is 11.4. The molecule has 0 atom stereocenters. The monoisotopic (exact) mass is 301 g/mol. The summed E-state index contributed by atoms with van der Waals surface area (Å²) in [5.74, 6) is -1.04. The Morgan fingerprint density at radius 2 is 1.72 bits per heavy atom. The number of nitrogens with one attached hydrogen (secondary N) is 1. The highest BCUT2D eigenvalue weighted by molar-refractivity contribution is 7.89. The molecule has 110 valence electrons. The highest BCUT2D eigenvalue weighted by Crippen LogP contribution is 2.01. The molecular formula is C10H24ClN3O3S. The maximum absolute atomic E-state index is 11.8. The Kier molecular flexibility index (Phi) is 8.80. The van der Waals surface area contributed by atoms with Crippen LogP contribution >= 0.6 is 12.4 Å². The summed E-state index contributed by atoms with van der Waals surface area (Å²) >= 11 is 0. The Labute approximate surface area is 116 Å². The molecule has 0 bridgehead atoms. The van der Waals surface area contributed by atoms with Gasteiger partial charge in [-0.25, -0.2) is 12.7 Å². The smallest absolute Gasteiger partial charge is 0.236 e. The number of sulfonamides is 1. The average molecular weight is 302 g/mol. The van der Waals surface area contributed by atoms with E-state index in [0.29, 0.717) is 13.1 Å². The minimum Gasteiger partial charge on any atom is -0.353 e. The lowest BCUT2D eigenvalue weighted by Gasteiger charge is -2.21. The van der Waals surface area contributed by atoms with E-state index in [-0.39, 0.29) is 19.0 Å². The van der Waals surface area contributed by atoms with Crippen molar-refractivity contribution in [1.29, 1.82) is 0 Å². The standard InChI is InChI=1S/C10H23N3O3S.ClH/c1-5-13(6-2)17(15,16)7-9(14)12-8-10(3,4)11;/h5-8,11H2,1-4H3,(H,12,14);1H. The van der Waals surface area contributed by atoms with Gasteiger partial charge in [0.2, 0.25) is 15.9 Å². The van der Waals surface area contributed by atoms with Crippen LogP contribution in [-0.4, -0.2) is 49.6 Å². The fourth-order valence-corrected chi connectivity index (χ4v) is 2.65. The number of nitrogens with two attached hydrogens (primary N) is 1. The first-order chi connectivity index (χ1) is 7.62. The third-order valence-electron chi connectivity index (χ3n) is 2.15. The van der Waals surface area contributed by atoms with Gasteiger partial charge in [0.15, 0.2) is 0 Å². The summed E-state index contributed by atoms with van der Waals surface area (Å²) in [6, 6.07) is 0. The summed E-state index contributed by atoms with van der Waals surface area (Å²) < 4.78 is 24.8. The zero-order chi connectivity index (χ0) is 13.7. The first-order valence-corrected chi connectivity index (χ1v) is 7.26. The molecule has 0 unspecified atom stereocenters. The number of hydrogen-bond acceptors (Lipinski definition) is 4. The van der Waals surface area contributed by atoms with E-state index in [4.69, 9.17) is 5.73 Å². The van der Waals surface area contributed by atoms with Gasteiger partial charge in [0.1, 0.15) is 5.75 Å². The summed E-state index contributed by atoms with van der Waals surface area (Å²) in [6.07, 6.45) is 0. The van der Waals surface area contributed by atoms with E-state index < -0.39 is 27.2 Å². The Balaban J connectivity index is 0. The molecule has 0 rings (SSSR count). The van der Waals surface area contributed by atoms with Gasteiger partial charge in [0.25, 0.3) is 0 Å². The first kappa shape index (κ1) is 20.0. The SMILES string of the molecule is CCN(CC)S(=O)(=O)CC(=O)NCC(C)(C)N.Cl. The molecule has 0 aromatic heterocycles. The van der Waals surface area contributed by atoms with Gasteiger partial charge < -0.3 is 11.1 Å². The predicted octanol–water partition coefficient (Wildman–Crippen LogP) is -0.0667. The highest BCUT2D eigenvalue weighted by Gasteiger charge is 2.23. The van der Waals surface area contributed by atoms with Gasteiger partial charge in [-0.2, -0.15) is 0 Å². The molecule has 0 spiro atoms. The zero-order valence-corrected chi connectivity index (χ0v) is 13.0. The second-order valence-corrected chi connectivity index (χ2v) is 6.57. The van der Waals surface area contributed by atoms with Crippen molar-refractivity contribution in [1.82, 2.24) is 9.62 Å². The van der Waals surface area contributed by atoms with Crippen LogP contribution in [0.25, 0.3) is 0 Å². The fourth-order valence-electron chi connectivity index (χ4n) is 1.25. The van der Waals surface area contributed by atoms with Gasteiger partial charge in [-0.3, -0.25) is 4.79 Å². The summed E-state index contributed by atoms with van der Waals surface area (Å²) in [5.41, 5.74) is 5.14.